The van der Waals surface area contributed by atoms with E-state index >= 15 is 0 Å². The third-order valence-electron chi connectivity index (χ3n) is 4.43. The van der Waals surface area contributed by atoms with Crippen LogP contribution >= 0.6 is 12.2 Å². The highest BCUT2D eigenvalue weighted by Crippen LogP contribution is 2.33. The zero-order valence-electron chi connectivity index (χ0n) is 14.2. The number of hydrogen-bond acceptors (Lipinski definition) is 4. The van der Waals surface area contributed by atoms with Gasteiger partial charge in [-0.3, -0.25) is 14.2 Å². The van der Waals surface area contributed by atoms with Crippen molar-refractivity contribution in [2.24, 2.45) is 0 Å². The van der Waals surface area contributed by atoms with Crippen LogP contribution in [0.3, 0.4) is 0 Å². The number of unbranched alkanes of at least 4 members (excludes halogenated alkanes) is 2. The number of carbonyl (C=O) groups is 2. The first-order valence-corrected chi connectivity index (χ1v) is 9.11. The standard InChI is InChI=1S/C18H22N4O2S/c1-2-3-6-11-19-15(23)10-9-14-17(24)21-16-12-7-4-5-8-13(12)20-18(25)22(14)16/h4-5,7-8,14H,2-3,6,9-11H2,1H3,(H,19,23)(H,21,24). The smallest absolute Gasteiger partial charge is 0.248 e. The summed E-state index contributed by atoms with van der Waals surface area (Å²) in [5.74, 6) is 0.509. The lowest BCUT2D eigenvalue weighted by atomic mass is 10.1. The highest BCUT2D eigenvalue weighted by molar-refractivity contribution is 7.71. The summed E-state index contributed by atoms with van der Waals surface area (Å²) >= 11 is 5.37. The molecular weight excluding hydrogens is 336 g/mol. The summed E-state index contributed by atoms with van der Waals surface area (Å²) in [5, 5.41) is 6.66. The van der Waals surface area contributed by atoms with Crippen LogP contribution in [0.2, 0.25) is 0 Å². The van der Waals surface area contributed by atoms with E-state index in [1.54, 1.807) is 4.57 Å². The SMILES string of the molecule is CCCCCNC(=O)CCC1C(=O)Nc2c3ccccc3nc(=S)n21. The predicted molar refractivity (Wildman–Crippen MR) is 100 cm³/mol. The Labute approximate surface area is 151 Å². The molecule has 0 fully saturated rings. The van der Waals surface area contributed by atoms with Crippen molar-refractivity contribution >= 4 is 40.8 Å². The van der Waals surface area contributed by atoms with E-state index < -0.39 is 6.04 Å². The topological polar surface area (TPSA) is 76.0 Å². The summed E-state index contributed by atoms with van der Waals surface area (Å²) in [6.45, 7) is 2.81. The number of fused-ring (bicyclic) bond motifs is 3. The molecule has 1 aliphatic rings. The van der Waals surface area contributed by atoms with Crippen molar-refractivity contribution < 1.29 is 9.59 Å². The van der Waals surface area contributed by atoms with Gasteiger partial charge in [-0.2, -0.15) is 0 Å². The minimum Gasteiger partial charge on any atom is -0.356 e. The summed E-state index contributed by atoms with van der Waals surface area (Å²) in [7, 11) is 0. The Hall–Kier alpha value is -2.28. The van der Waals surface area contributed by atoms with Crippen LogP contribution in [0.25, 0.3) is 10.9 Å². The van der Waals surface area contributed by atoms with E-state index in [9.17, 15) is 9.59 Å². The van der Waals surface area contributed by atoms with Gasteiger partial charge in [0, 0.05) is 18.4 Å². The Bertz CT molecular complexity index is 862. The second-order valence-corrected chi connectivity index (χ2v) is 6.60. The first kappa shape index (κ1) is 17.5. The normalized spacial score (nSPS) is 15.9. The second-order valence-electron chi connectivity index (χ2n) is 6.23. The molecule has 3 rings (SSSR count). The summed E-state index contributed by atoms with van der Waals surface area (Å²) in [5.41, 5.74) is 0.758. The molecule has 0 radical (unpaired) electrons. The number of nitrogens with one attached hydrogen (secondary N) is 2. The molecule has 0 saturated carbocycles. The minimum absolute atomic E-state index is 0.0300. The number of hydrogen-bond donors (Lipinski definition) is 2. The van der Waals surface area contributed by atoms with Crippen molar-refractivity contribution in [2.45, 2.75) is 45.1 Å². The van der Waals surface area contributed by atoms with E-state index in [-0.39, 0.29) is 18.2 Å². The number of rotatable bonds is 7. The fraction of sp³-hybridized carbons (Fsp3) is 0.444. The molecule has 0 saturated heterocycles. The lowest BCUT2D eigenvalue weighted by molar-refractivity contribution is -0.122. The van der Waals surface area contributed by atoms with E-state index in [4.69, 9.17) is 12.2 Å². The highest BCUT2D eigenvalue weighted by atomic mass is 32.1. The Morgan fingerprint density at radius 2 is 2.16 bits per heavy atom. The third-order valence-corrected chi connectivity index (χ3v) is 4.71. The van der Waals surface area contributed by atoms with Crippen LogP contribution in [-0.2, 0) is 9.59 Å². The quantitative estimate of drug-likeness (QED) is 0.588. The number of anilines is 1. The van der Waals surface area contributed by atoms with Gasteiger partial charge in [-0.25, -0.2) is 4.98 Å². The van der Waals surface area contributed by atoms with Crippen LogP contribution in [0.4, 0.5) is 5.82 Å². The Kier molecular flexibility index (Phi) is 5.43. The fourth-order valence-corrected chi connectivity index (χ4v) is 3.42. The van der Waals surface area contributed by atoms with Gasteiger partial charge in [0.1, 0.15) is 11.9 Å². The zero-order chi connectivity index (χ0) is 17.8. The van der Waals surface area contributed by atoms with Crippen molar-refractivity contribution in [1.29, 1.82) is 0 Å². The third kappa shape index (κ3) is 3.71. The molecule has 7 heteroatoms. The lowest BCUT2D eigenvalue weighted by Crippen LogP contribution is -2.26. The van der Waals surface area contributed by atoms with Gasteiger partial charge in [0.2, 0.25) is 16.6 Å². The van der Waals surface area contributed by atoms with Gasteiger partial charge in [-0.15, -0.1) is 0 Å². The molecule has 2 heterocycles. The summed E-state index contributed by atoms with van der Waals surface area (Å²) in [6, 6.07) is 7.08. The van der Waals surface area contributed by atoms with Crippen molar-refractivity contribution in [3.8, 4) is 0 Å². The number of nitrogens with zero attached hydrogens (tertiary/aromatic N) is 2. The molecule has 25 heavy (non-hydrogen) atoms. The molecule has 1 aliphatic heterocycles. The predicted octanol–water partition coefficient (Wildman–Crippen LogP) is 3.35. The Balaban J connectivity index is 1.73. The average molecular weight is 358 g/mol. The van der Waals surface area contributed by atoms with Crippen LogP contribution in [0.1, 0.15) is 45.1 Å². The van der Waals surface area contributed by atoms with Crippen molar-refractivity contribution in [2.75, 3.05) is 11.9 Å². The molecule has 2 amide bonds. The molecule has 6 nitrogen and oxygen atoms in total. The Morgan fingerprint density at radius 3 is 2.96 bits per heavy atom. The lowest BCUT2D eigenvalue weighted by Gasteiger charge is -2.13. The molecule has 2 aromatic rings. The molecule has 1 atom stereocenters. The largest absolute Gasteiger partial charge is 0.356 e. The molecule has 132 valence electrons. The van der Waals surface area contributed by atoms with Gasteiger partial charge >= 0.3 is 0 Å². The molecular formula is C18H22N4O2S. The zero-order valence-corrected chi connectivity index (χ0v) is 15.1. The van der Waals surface area contributed by atoms with Crippen LogP contribution < -0.4 is 10.6 Å². The van der Waals surface area contributed by atoms with Crippen molar-refractivity contribution in [3.63, 3.8) is 0 Å². The monoisotopic (exact) mass is 358 g/mol. The van der Waals surface area contributed by atoms with Gasteiger partial charge in [-0.05, 0) is 37.2 Å². The highest BCUT2D eigenvalue weighted by Gasteiger charge is 2.32. The molecule has 0 bridgehead atoms. The van der Waals surface area contributed by atoms with Gasteiger partial charge in [0.25, 0.3) is 0 Å². The number of carbonyl (C=O) groups excluding carboxylic acids is 2. The van der Waals surface area contributed by atoms with E-state index in [2.05, 4.69) is 22.5 Å². The van der Waals surface area contributed by atoms with Crippen LogP contribution in [0.15, 0.2) is 24.3 Å². The minimum atomic E-state index is -0.485. The summed E-state index contributed by atoms with van der Waals surface area (Å²) < 4.78 is 2.10. The van der Waals surface area contributed by atoms with Crippen molar-refractivity contribution in [3.05, 3.63) is 29.0 Å². The molecule has 0 aliphatic carbocycles. The fourth-order valence-electron chi connectivity index (χ4n) is 3.11. The maximum atomic E-state index is 12.4. The van der Waals surface area contributed by atoms with Crippen molar-refractivity contribution in [1.82, 2.24) is 14.9 Å². The van der Waals surface area contributed by atoms with E-state index in [0.717, 1.165) is 30.2 Å². The van der Waals surface area contributed by atoms with Gasteiger partial charge in [-0.1, -0.05) is 31.9 Å². The summed E-state index contributed by atoms with van der Waals surface area (Å²) in [4.78, 5) is 28.8. The molecule has 1 aromatic heterocycles. The van der Waals surface area contributed by atoms with Gasteiger partial charge in [0.05, 0.1) is 5.52 Å². The van der Waals surface area contributed by atoms with E-state index in [1.807, 2.05) is 24.3 Å². The number of amides is 2. The maximum absolute atomic E-state index is 12.4. The van der Waals surface area contributed by atoms with Gasteiger partial charge < -0.3 is 10.6 Å². The summed E-state index contributed by atoms with van der Waals surface area (Å²) in [6.07, 6.45) is 3.90. The van der Waals surface area contributed by atoms with Gasteiger partial charge in [0.15, 0.2) is 0 Å². The molecule has 0 spiro atoms. The van der Waals surface area contributed by atoms with Crippen LogP contribution in [0, 0.1) is 4.77 Å². The number of aromatic nitrogens is 2. The first-order chi connectivity index (χ1) is 12.1. The average Bonchev–Trinajstić information content (AvgIpc) is 2.94. The number of benzene rings is 1. The molecule has 1 unspecified atom stereocenters. The van der Waals surface area contributed by atoms with Crippen LogP contribution in [0.5, 0.6) is 0 Å². The van der Waals surface area contributed by atoms with E-state index in [1.165, 1.54) is 0 Å². The number of para-hydroxylation sites is 1. The molecule has 2 N–H and O–H groups in total. The second kappa shape index (κ2) is 7.74. The molecule has 1 aromatic carbocycles. The van der Waals surface area contributed by atoms with Crippen LogP contribution in [-0.4, -0.2) is 27.9 Å². The first-order valence-electron chi connectivity index (χ1n) is 8.70. The maximum Gasteiger partial charge on any atom is 0.248 e. The van der Waals surface area contributed by atoms with E-state index in [0.29, 0.717) is 23.6 Å². The Morgan fingerprint density at radius 1 is 1.36 bits per heavy atom.